The Balaban J connectivity index is 1.55. The van der Waals surface area contributed by atoms with Crippen LogP contribution >= 0.6 is 0 Å². The number of nitrogens with two attached hydrogens (primary N) is 1. The molecule has 0 bridgehead atoms. The van der Waals surface area contributed by atoms with Crippen molar-refractivity contribution < 1.29 is 23.9 Å². The summed E-state index contributed by atoms with van der Waals surface area (Å²) >= 11 is 0. The SMILES string of the molecule is CCc1ccc(N2C[C@H](C(=O)O[C@H](C)C(=O)Nc3ccc(C(N)=O)cc3)CC2=O)cc1. The van der Waals surface area contributed by atoms with E-state index < -0.39 is 29.8 Å². The van der Waals surface area contributed by atoms with Gasteiger partial charge in [0, 0.05) is 29.9 Å². The number of nitrogens with zero attached hydrogens (tertiary/aromatic N) is 1. The second-order valence-corrected chi connectivity index (χ2v) is 7.44. The number of amides is 3. The van der Waals surface area contributed by atoms with Crippen LogP contribution < -0.4 is 16.0 Å². The second kappa shape index (κ2) is 9.42. The molecule has 2 aromatic rings. The number of benzene rings is 2. The zero-order valence-electron chi connectivity index (χ0n) is 17.5. The summed E-state index contributed by atoms with van der Waals surface area (Å²) < 4.78 is 5.30. The van der Waals surface area contributed by atoms with Gasteiger partial charge in [-0.1, -0.05) is 19.1 Å². The highest BCUT2D eigenvalue weighted by molar-refractivity contribution is 6.00. The molecule has 0 aliphatic carbocycles. The lowest BCUT2D eigenvalue weighted by Crippen LogP contribution is -2.33. The molecular formula is C23H25N3O5. The quantitative estimate of drug-likeness (QED) is 0.662. The number of carbonyl (C=O) groups excluding carboxylic acids is 4. The summed E-state index contributed by atoms with van der Waals surface area (Å²) in [5.74, 6) is -2.47. The van der Waals surface area contributed by atoms with Gasteiger partial charge in [0.1, 0.15) is 0 Å². The van der Waals surface area contributed by atoms with Crippen LogP contribution in [0.5, 0.6) is 0 Å². The monoisotopic (exact) mass is 423 g/mol. The Morgan fingerprint density at radius 3 is 2.35 bits per heavy atom. The molecule has 8 heteroatoms. The van der Waals surface area contributed by atoms with Gasteiger partial charge in [-0.15, -0.1) is 0 Å². The summed E-state index contributed by atoms with van der Waals surface area (Å²) in [6.07, 6.45) is -0.105. The van der Waals surface area contributed by atoms with E-state index in [0.29, 0.717) is 11.3 Å². The fourth-order valence-electron chi connectivity index (χ4n) is 3.31. The van der Waals surface area contributed by atoms with Crippen molar-refractivity contribution in [3.05, 3.63) is 59.7 Å². The number of rotatable bonds is 7. The predicted octanol–water partition coefficient (Wildman–Crippen LogP) is 2.27. The highest BCUT2D eigenvalue weighted by Crippen LogP contribution is 2.26. The minimum atomic E-state index is -1.05. The van der Waals surface area contributed by atoms with E-state index in [1.54, 1.807) is 4.90 Å². The minimum absolute atomic E-state index is 0.0390. The van der Waals surface area contributed by atoms with E-state index in [9.17, 15) is 19.2 Å². The number of hydrogen-bond acceptors (Lipinski definition) is 5. The number of anilines is 2. The summed E-state index contributed by atoms with van der Waals surface area (Å²) in [4.78, 5) is 49.9. The van der Waals surface area contributed by atoms with Gasteiger partial charge in [-0.2, -0.15) is 0 Å². The van der Waals surface area contributed by atoms with Crippen LogP contribution in [0.15, 0.2) is 48.5 Å². The Kier molecular flexibility index (Phi) is 6.69. The lowest BCUT2D eigenvalue weighted by molar-refractivity contribution is -0.157. The minimum Gasteiger partial charge on any atom is -0.452 e. The molecule has 3 amide bonds. The van der Waals surface area contributed by atoms with Crippen LogP contribution in [0.2, 0.25) is 0 Å². The first-order valence-corrected chi connectivity index (χ1v) is 10.1. The smallest absolute Gasteiger partial charge is 0.312 e. The highest BCUT2D eigenvalue weighted by atomic mass is 16.5. The molecule has 2 aromatic carbocycles. The van der Waals surface area contributed by atoms with Crippen LogP contribution in [0.1, 0.15) is 36.2 Å². The maximum Gasteiger partial charge on any atom is 0.312 e. The number of primary amides is 1. The fraction of sp³-hybridized carbons (Fsp3) is 0.304. The van der Waals surface area contributed by atoms with E-state index in [4.69, 9.17) is 10.5 Å². The van der Waals surface area contributed by atoms with Crippen molar-refractivity contribution >= 4 is 35.1 Å². The molecule has 0 radical (unpaired) electrons. The average Bonchev–Trinajstić information content (AvgIpc) is 3.15. The molecule has 0 saturated carbocycles. The molecule has 3 N–H and O–H groups in total. The van der Waals surface area contributed by atoms with Crippen molar-refractivity contribution in [3.63, 3.8) is 0 Å². The first-order chi connectivity index (χ1) is 14.8. The van der Waals surface area contributed by atoms with Gasteiger partial charge in [-0.05, 0) is 55.3 Å². The molecule has 1 saturated heterocycles. The normalized spacial score (nSPS) is 16.6. The summed E-state index contributed by atoms with van der Waals surface area (Å²) in [5, 5.41) is 2.61. The first kappa shape index (κ1) is 22.0. The van der Waals surface area contributed by atoms with Gasteiger partial charge in [0.15, 0.2) is 6.10 Å². The first-order valence-electron chi connectivity index (χ1n) is 10.1. The van der Waals surface area contributed by atoms with Gasteiger partial charge in [-0.3, -0.25) is 19.2 Å². The number of hydrogen-bond donors (Lipinski definition) is 2. The maximum absolute atomic E-state index is 12.5. The average molecular weight is 423 g/mol. The Morgan fingerprint density at radius 2 is 1.77 bits per heavy atom. The molecule has 8 nitrogen and oxygen atoms in total. The molecule has 0 aromatic heterocycles. The van der Waals surface area contributed by atoms with Crippen molar-refractivity contribution in [2.24, 2.45) is 11.7 Å². The van der Waals surface area contributed by atoms with Crippen LogP contribution in [0.25, 0.3) is 0 Å². The Hall–Kier alpha value is -3.68. The number of ether oxygens (including phenoxy) is 1. The van der Waals surface area contributed by atoms with E-state index in [1.165, 1.54) is 31.2 Å². The molecule has 162 valence electrons. The molecule has 1 heterocycles. The van der Waals surface area contributed by atoms with E-state index >= 15 is 0 Å². The molecule has 0 spiro atoms. The Bertz CT molecular complexity index is 985. The van der Waals surface area contributed by atoms with Gasteiger partial charge < -0.3 is 20.7 Å². The molecular weight excluding hydrogens is 398 g/mol. The third-order valence-corrected chi connectivity index (χ3v) is 5.21. The zero-order valence-corrected chi connectivity index (χ0v) is 17.5. The zero-order chi connectivity index (χ0) is 22.5. The fourth-order valence-corrected chi connectivity index (χ4v) is 3.31. The van der Waals surface area contributed by atoms with Gasteiger partial charge in [-0.25, -0.2) is 0 Å². The van der Waals surface area contributed by atoms with Gasteiger partial charge in [0.05, 0.1) is 5.92 Å². The molecule has 3 rings (SSSR count). The molecule has 2 atom stereocenters. The van der Waals surface area contributed by atoms with Crippen LogP contribution in [0.4, 0.5) is 11.4 Å². The van der Waals surface area contributed by atoms with E-state index in [0.717, 1.165) is 17.7 Å². The van der Waals surface area contributed by atoms with Crippen molar-refractivity contribution in [1.29, 1.82) is 0 Å². The number of esters is 1. The maximum atomic E-state index is 12.5. The molecule has 1 fully saturated rings. The molecule has 31 heavy (non-hydrogen) atoms. The third kappa shape index (κ3) is 5.28. The van der Waals surface area contributed by atoms with E-state index in [2.05, 4.69) is 12.2 Å². The molecule has 1 aliphatic rings. The third-order valence-electron chi connectivity index (χ3n) is 5.21. The lowest BCUT2D eigenvalue weighted by atomic mass is 10.1. The second-order valence-electron chi connectivity index (χ2n) is 7.44. The van der Waals surface area contributed by atoms with Crippen molar-refractivity contribution in [2.75, 3.05) is 16.8 Å². The summed E-state index contributed by atoms with van der Waals surface area (Å²) in [5.41, 5.74) is 7.84. The van der Waals surface area contributed by atoms with Gasteiger partial charge in [0.25, 0.3) is 5.91 Å². The van der Waals surface area contributed by atoms with E-state index in [1.807, 2.05) is 24.3 Å². The van der Waals surface area contributed by atoms with Crippen LogP contribution in [-0.4, -0.2) is 36.3 Å². The topological polar surface area (TPSA) is 119 Å². The lowest BCUT2D eigenvalue weighted by Gasteiger charge is -2.18. The highest BCUT2D eigenvalue weighted by Gasteiger charge is 2.37. The van der Waals surface area contributed by atoms with Crippen molar-refractivity contribution in [2.45, 2.75) is 32.8 Å². The Labute approximate surface area is 180 Å². The number of aryl methyl sites for hydroxylation is 1. The summed E-state index contributed by atoms with van der Waals surface area (Å²) in [7, 11) is 0. The van der Waals surface area contributed by atoms with E-state index in [-0.39, 0.29) is 18.9 Å². The van der Waals surface area contributed by atoms with Crippen LogP contribution in [0, 0.1) is 5.92 Å². The van der Waals surface area contributed by atoms with Crippen molar-refractivity contribution in [1.82, 2.24) is 0 Å². The number of carbonyl (C=O) groups is 4. The molecule has 1 aliphatic heterocycles. The van der Waals surface area contributed by atoms with Gasteiger partial charge in [0.2, 0.25) is 11.8 Å². The molecule has 0 unspecified atom stereocenters. The number of nitrogens with one attached hydrogen (secondary N) is 1. The van der Waals surface area contributed by atoms with Crippen molar-refractivity contribution in [3.8, 4) is 0 Å². The standard InChI is InChI=1S/C23H25N3O5/c1-3-15-4-10-19(11-5-15)26-13-17(12-20(26)27)23(30)31-14(2)22(29)25-18-8-6-16(7-9-18)21(24)28/h4-11,14,17H,3,12-13H2,1-2H3,(H2,24,28)(H,25,29)/t14-,17-/m1/s1. The Morgan fingerprint density at radius 1 is 1.13 bits per heavy atom. The van der Waals surface area contributed by atoms with Gasteiger partial charge >= 0.3 is 5.97 Å². The predicted molar refractivity (Wildman–Crippen MR) is 115 cm³/mol. The van der Waals surface area contributed by atoms with Crippen LogP contribution in [0.3, 0.4) is 0 Å². The summed E-state index contributed by atoms with van der Waals surface area (Å²) in [6, 6.07) is 13.7. The summed E-state index contributed by atoms with van der Waals surface area (Å²) in [6.45, 7) is 3.73. The van der Waals surface area contributed by atoms with Crippen LogP contribution in [-0.2, 0) is 25.5 Å². The largest absolute Gasteiger partial charge is 0.452 e.